The molecule has 0 aliphatic heterocycles. The Morgan fingerprint density at radius 2 is 2.00 bits per heavy atom. The normalized spacial score (nSPS) is 10.9. The van der Waals surface area contributed by atoms with Gasteiger partial charge in [0.2, 0.25) is 0 Å². The fourth-order valence-electron chi connectivity index (χ4n) is 1.89. The van der Waals surface area contributed by atoms with Gasteiger partial charge in [-0.25, -0.2) is 18.7 Å². The van der Waals surface area contributed by atoms with E-state index in [1.54, 1.807) is 0 Å². The molecule has 3 rings (SSSR count). The number of aromatic nitrogens is 3. The standard InChI is InChI=1S/C13H10F2N4/c1-7-4-9-12(18-7)16-6-17-13(9)19-11-5-8(14)2-3-10(11)15/h2-6H,1H3,(H2,16,17,18,19). The van der Waals surface area contributed by atoms with Gasteiger partial charge in [0, 0.05) is 11.8 Å². The Labute approximate surface area is 107 Å². The Morgan fingerprint density at radius 1 is 1.16 bits per heavy atom. The predicted molar refractivity (Wildman–Crippen MR) is 68.3 cm³/mol. The fraction of sp³-hybridized carbons (Fsp3) is 0.0769. The maximum Gasteiger partial charge on any atom is 0.146 e. The first-order chi connectivity index (χ1) is 9.13. The third kappa shape index (κ3) is 2.12. The van der Waals surface area contributed by atoms with Crippen molar-refractivity contribution in [2.45, 2.75) is 6.92 Å². The molecule has 0 spiro atoms. The minimum absolute atomic E-state index is 0.0406. The van der Waals surface area contributed by atoms with E-state index in [9.17, 15) is 8.78 Å². The van der Waals surface area contributed by atoms with Gasteiger partial charge in [-0.15, -0.1) is 0 Å². The predicted octanol–water partition coefficient (Wildman–Crippen LogP) is 3.29. The van der Waals surface area contributed by atoms with Gasteiger partial charge < -0.3 is 10.3 Å². The lowest BCUT2D eigenvalue weighted by Gasteiger charge is -2.07. The summed E-state index contributed by atoms with van der Waals surface area (Å²) < 4.78 is 26.7. The van der Waals surface area contributed by atoms with Gasteiger partial charge >= 0.3 is 0 Å². The first-order valence-electron chi connectivity index (χ1n) is 5.66. The number of benzene rings is 1. The number of halogens is 2. The molecule has 6 heteroatoms. The Bertz CT molecular complexity index is 751. The lowest BCUT2D eigenvalue weighted by Crippen LogP contribution is -1.98. The highest BCUT2D eigenvalue weighted by Gasteiger charge is 2.09. The zero-order chi connectivity index (χ0) is 13.4. The number of aromatic amines is 1. The topological polar surface area (TPSA) is 53.6 Å². The Balaban J connectivity index is 2.08. The van der Waals surface area contributed by atoms with E-state index < -0.39 is 11.6 Å². The first kappa shape index (κ1) is 11.6. The maximum atomic E-state index is 13.6. The van der Waals surface area contributed by atoms with E-state index in [0.29, 0.717) is 11.5 Å². The zero-order valence-electron chi connectivity index (χ0n) is 10.0. The second-order valence-electron chi connectivity index (χ2n) is 4.19. The summed E-state index contributed by atoms with van der Waals surface area (Å²) in [4.78, 5) is 11.2. The molecule has 0 bridgehead atoms. The number of fused-ring (bicyclic) bond motifs is 1. The minimum Gasteiger partial charge on any atom is -0.343 e. The quantitative estimate of drug-likeness (QED) is 0.743. The van der Waals surface area contributed by atoms with E-state index >= 15 is 0 Å². The number of hydrogen-bond acceptors (Lipinski definition) is 3. The molecule has 0 unspecified atom stereocenters. The lowest BCUT2D eigenvalue weighted by atomic mass is 10.2. The van der Waals surface area contributed by atoms with Gasteiger partial charge in [-0.3, -0.25) is 0 Å². The average molecular weight is 260 g/mol. The van der Waals surface area contributed by atoms with Gasteiger partial charge in [-0.2, -0.15) is 0 Å². The molecule has 0 aliphatic carbocycles. The Kier molecular flexibility index (Phi) is 2.63. The van der Waals surface area contributed by atoms with Crippen molar-refractivity contribution in [2.24, 2.45) is 0 Å². The summed E-state index contributed by atoms with van der Waals surface area (Å²) in [5, 5.41) is 3.51. The Hall–Kier alpha value is -2.50. The third-order valence-electron chi connectivity index (χ3n) is 2.74. The van der Waals surface area contributed by atoms with Crippen LogP contribution in [0.3, 0.4) is 0 Å². The van der Waals surface area contributed by atoms with Crippen LogP contribution in [0.5, 0.6) is 0 Å². The molecule has 1 aromatic carbocycles. The van der Waals surface area contributed by atoms with Crippen molar-refractivity contribution >= 4 is 22.5 Å². The summed E-state index contributed by atoms with van der Waals surface area (Å²) in [6.45, 7) is 1.88. The first-order valence-corrected chi connectivity index (χ1v) is 5.66. The molecule has 0 saturated carbocycles. The molecule has 2 aromatic heterocycles. The average Bonchev–Trinajstić information content (AvgIpc) is 2.75. The molecule has 2 heterocycles. The van der Waals surface area contributed by atoms with Crippen molar-refractivity contribution in [1.82, 2.24) is 15.0 Å². The van der Waals surface area contributed by atoms with Crippen LogP contribution in [0, 0.1) is 18.6 Å². The van der Waals surface area contributed by atoms with Gasteiger partial charge in [0.25, 0.3) is 0 Å². The number of nitrogens with zero attached hydrogens (tertiary/aromatic N) is 2. The van der Waals surface area contributed by atoms with Crippen LogP contribution in [0.4, 0.5) is 20.3 Å². The molecule has 0 fully saturated rings. The highest BCUT2D eigenvalue weighted by Crippen LogP contribution is 2.25. The van der Waals surface area contributed by atoms with E-state index in [4.69, 9.17) is 0 Å². The van der Waals surface area contributed by atoms with Crippen LogP contribution < -0.4 is 5.32 Å². The summed E-state index contributed by atoms with van der Waals surface area (Å²) in [6, 6.07) is 5.06. The summed E-state index contributed by atoms with van der Waals surface area (Å²) in [5.74, 6) is -0.626. The van der Waals surface area contributed by atoms with Crippen LogP contribution in [0.1, 0.15) is 5.69 Å². The molecule has 0 radical (unpaired) electrons. The van der Waals surface area contributed by atoms with E-state index in [0.717, 1.165) is 29.3 Å². The largest absolute Gasteiger partial charge is 0.343 e. The maximum absolute atomic E-state index is 13.6. The van der Waals surface area contributed by atoms with E-state index in [-0.39, 0.29) is 5.69 Å². The molecule has 0 amide bonds. The molecule has 0 aliphatic rings. The van der Waals surface area contributed by atoms with Gasteiger partial charge in [-0.1, -0.05) is 0 Å². The molecule has 19 heavy (non-hydrogen) atoms. The highest BCUT2D eigenvalue weighted by atomic mass is 19.1. The van der Waals surface area contributed by atoms with E-state index in [2.05, 4.69) is 20.3 Å². The fourth-order valence-corrected chi connectivity index (χ4v) is 1.89. The summed E-state index contributed by atoms with van der Waals surface area (Å²) >= 11 is 0. The van der Waals surface area contributed by atoms with Crippen molar-refractivity contribution in [2.75, 3.05) is 5.32 Å². The Morgan fingerprint density at radius 3 is 2.84 bits per heavy atom. The van der Waals surface area contributed by atoms with E-state index in [1.165, 1.54) is 6.33 Å². The van der Waals surface area contributed by atoms with Crippen molar-refractivity contribution < 1.29 is 8.78 Å². The molecular weight excluding hydrogens is 250 g/mol. The van der Waals surface area contributed by atoms with Gasteiger partial charge in [-0.05, 0) is 25.1 Å². The number of hydrogen-bond donors (Lipinski definition) is 2. The molecule has 4 nitrogen and oxygen atoms in total. The lowest BCUT2D eigenvalue weighted by molar-refractivity contribution is 0.603. The second-order valence-corrected chi connectivity index (χ2v) is 4.19. The molecule has 2 N–H and O–H groups in total. The van der Waals surface area contributed by atoms with Crippen molar-refractivity contribution in [1.29, 1.82) is 0 Å². The molecular formula is C13H10F2N4. The van der Waals surface area contributed by atoms with Crippen LogP contribution in [0.15, 0.2) is 30.6 Å². The number of aryl methyl sites for hydroxylation is 1. The molecule has 3 aromatic rings. The summed E-state index contributed by atoms with van der Waals surface area (Å²) in [5.41, 5.74) is 1.60. The molecule has 0 saturated heterocycles. The minimum atomic E-state index is -0.541. The molecule has 96 valence electrons. The number of anilines is 2. The van der Waals surface area contributed by atoms with Gasteiger partial charge in [0.15, 0.2) is 0 Å². The molecule has 0 atom stereocenters. The smallest absolute Gasteiger partial charge is 0.146 e. The van der Waals surface area contributed by atoms with Crippen molar-refractivity contribution in [3.63, 3.8) is 0 Å². The number of rotatable bonds is 2. The van der Waals surface area contributed by atoms with E-state index in [1.807, 2.05) is 13.0 Å². The monoisotopic (exact) mass is 260 g/mol. The zero-order valence-corrected chi connectivity index (χ0v) is 10.0. The van der Waals surface area contributed by atoms with Crippen LogP contribution >= 0.6 is 0 Å². The number of H-pyrrole nitrogens is 1. The van der Waals surface area contributed by atoms with Crippen LogP contribution in [0.2, 0.25) is 0 Å². The summed E-state index contributed by atoms with van der Waals surface area (Å²) in [7, 11) is 0. The van der Waals surface area contributed by atoms with Gasteiger partial charge in [0.1, 0.15) is 29.4 Å². The SMILES string of the molecule is Cc1cc2c(Nc3cc(F)ccc3F)ncnc2[nH]1. The van der Waals surface area contributed by atoms with Crippen molar-refractivity contribution in [3.05, 3.63) is 47.9 Å². The number of nitrogens with one attached hydrogen (secondary N) is 2. The highest BCUT2D eigenvalue weighted by molar-refractivity contribution is 5.89. The van der Waals surface area contributed by atoms with Crippen molar-refractivity contribution in [3.8, 4) is 0 Å². The van der Waals surface area contributed by atoms with Crippen LogP contribution in [-0.2, 0) is 0 Å². The third-order valence-corrected chi connectivity index (χ3v) is 2.74. The van der Waals surface area contributed by atoms with Crippen LogP contribution in [-0.4, -0.2) is 15.0 Å². The second kappa shape index (κ2) is 4.31. The van der Waals surface area contributed by atoms with Crippen LogP contribution in [0.25, 0.3) is 11.0 Å². The van der Waals surface area contributed by atoms with Gasteiger partial charge in [0.05, 0.1) is 11.1 Å². The summed E-state index contributed by atoms with van der Waals surface area (Å²) in [6.07, 6.45) is 1.36.